The number of aliphatic carboxylic acids is 1. The monoisotopic (exact) mass is 319 g/mol. The molecule has 1 atom stereocenters. The molecule has 0 heterocycles. The zero-order valence-electron chi connectivity index (χ0n) is 14.7. The van der Waals surface area contributed by atoms with Crippen LogP contribution in [0.4, 0.5) is 0 Å². The Labute approximate surface area is 139 Å². The van der Waals surface area contributed by atoms with Crippen LogP contribution in [0.25, 0.3) is 0 Å². The number of hydrogen-bond donors (Lipinski definition) is 2. The number of carbonyl (C=O) groups excluding carboxylic acids is 1. The Balaban J connectivity index is 2.49. The average molecular weight is 319 g/mol. The highest BCUT2D eigenvalue weighted by atomic mass is 16.4. The van der Waals surface area contributed by atoms with Crippen LogP contribution in [0.3, 0.4) is 0 Å². The highest BCUT2D eigenvalue weighted by molar-refractivity contribution is 5.83. The smallest absolute Gasteiger partial charge is 0.326 e. The molecule has 23 heavy (non-hydrogen) atoms. The van der Waals surface area contributed by atoms with Gasteiger partial charge in [0, 0.05) is 6.42 Å². The van der Waals surface area contributed by atoms with E-state index in [2.05, 4.69) is 38.2 Å². The first-order valence-electron chi connectivity index (χ1n) is 8.44. The van der Waals surface area contributed by atoms with Crippen molar-refractivity contribution < 1.29 is 14.7 Å². The molecule has 1 rings (SSSR count). The normalized spacial score (nSPS) is 12.0. The zero-order chi connectivity index (χ0) is 17.4. The Kier molecular flexibility index (Phi) is 7.79. The van der Waals surface area contributed by atoms with Gasteiger partial charge in [0.15, 0.2) is 0 Å². The maximum absolute atomic E-state index is 12.0. The number of unbranched alkanes of at least 4 members (excludes halogenated alkanes) is 1. The highest BCUT2D eigenvalue weighted by Crippen LogP contribution is 2.18. The number of benzene rings is 1. The molecule has 0 aliphatic rings. The van der Waals surface area contributed by atoms with Crippen LogP contribution in [0.5, 0.6) is 0 Å². The Morgan fingerprint density at radius 3 is 2.26 bits per heavy atom. The van der Waals surface area contributed by atoms with Crippen LogP contribution in [0.1, 0.15) is 61.3 Å². The number of nitrogens with one attached hydrogen (secondary N) is 1. The number of hydrogen-bond acceptors (Lipinski definition) is 2. The van der Waals surface area contributed by atoms with Crippen LogP contribution in [0.15, 0.2) is 12.1 Å². The summed E-state index contributed by atoms with van der Waals surface area (Å²) in [6.45, 7) is 8.29. The fourth-order valence-corrected chi connectivity index (χ4v) is 2.96. The van der Waals surface area contributed by atoms with Crippen molar-refractivity contribution in [1.82, 2.24) is 5.32 Å². The van der Waals surface area contributed by atoms with Crippen LogP contribution >= 0.6 is 0 Å². The molecule has 1 aromatic carbocycles. The second-order valence-corrected chi connectivity index (χ2v) is 6.33. The van der Waals surface area contributed by atoms with Crippen molar-refractivity contribution in [3.05, 3.63) is 34.4 Å². The van der Waals surface area contributed by atoms with Gasteiger partial charge in [0.05, 0.1) is 0 Å². The van der Waals surface area contributed by atoms with E-state index in [1.54, 1.807) is 0 Å². The van der Waals surface area contributed by atoms with Crippen molar-refractivity contribution in [3.63, 3.8) is 0 Å². The van der Waals surface area contributed by atoms with E-state index in [1.165, 1.54) is 22.3 Å². The van der Waals surface area contributed by atoms with Crippen molar-refractivity contribution in [1.29, 1.82) is 0 Å². The van der Waals surface area contributed by atoms with Crippen LogP contribution in [0.2, 0.25) is 0 Å². The van der Waals surface area contributed by atoms with Crippen LogP contribution in [-0.2, 0) is 16.0 Å². The lowest BCUT2D eigenvalue weighted by molar-refractivity contribution is -0.142. The van der Waals surface area contributed by atoms with Crippen LogP contribution in [0, 0.1) is 20.8 Å². The molecule has 0 radical (unpaired) electrons. The first kappa shape index (κ1) is 19.2. The summed E-state index contributed by atoms with van der Waals surface area (Å²) in [6, 6.07) is 3.56. The molecule has 0 aromatic heterocycles. The SMILES string of the molecule is CCCCC(NC(=O)CCCc1c(C)cc(C)cc1C)C(=O)O. The first-order valence-corrected chi connectivity index (χ1v) is 8.44. The Morgan fingerprint density at radius 1 is 1.13 bits per heavy atom. The number of carboxylic acids is 1. The van der Waals surface area contributed by atoms with E-state index in [1.807, 2.05) is 6.92 Å². The molecular weight excluding hydrogens is 290 g/mol. The minimum Gasteiger partial charge on any atom is -0.480 e. The molecule has 1 aromatic rings. The molecule has 1 amide bonds. The number of carboxylic acid groups (broad SMARTS) is 1. The second-order valence-electron chi connectivity index (χ2n) is 6.33. The lowest BCUT2D eigenvalue weighted by Gasteiger charge is -2.15. The molecule has 128 valence electrons. The number of amides is 1. The summed E-state index contributed by atoms with van der Waals surface area (Å²) in [5.41, 5.74) is 5.06. The summed E-state index contributed by atoms with van der Waals surface area (Å²) in [6.07, 6.45) is 4.16. The summed E-state index contributed by atoms with van der Waals surface area (Å²) in [7, 11) is 0. The molecule has 0 aliphatic carbocycles. The van der Waals surface area contributed by atoms with E-state index in [0.29, 0.717) is 12.8 Å². The summed E-state index contributed by atoms with van der Waals surface area (Å²) in [5, 5.41) is 11.8. The molecule has 0 saturated carbocycles. The van der Waals surface area contributed by atoms with Crippen molar-refractivity contribution in [2.45, 2.75) is 72.3 Å². The molecule has 0 bridgehead atoms. The summed E-state index contributed by atoms with van der Waals surface area (Å²) < 4.78 is 0. The van der Waals surface area contributed by atoms with Gasteiger partial charge >= 0.3 is 5.97 Å². The second kappa shape index (κ2) is 9.33. The minimum absolute atomic E-state index is 0.170. The van der Waals surface area contributed by atoms with Crippen molar-refractivity contribution >= 4 is 11.9 Å². The predicted molar refractivity (Wildman–Crippen MR) is 92.7 cm³/mol. The van der Waals surface area contributed by atoms with Crippen LogP contribution in [-0.4, -0.2) is 23.0 Å². The third-order valence-electron chi connectivity index (χ3n) is 4.15. The zero-order valence-corrected chi connectivity index (χ0v) is 14.7. The van der Waals surface area contributed by atoms with Gasteiger partial charge in [-0.2, -0.15) is 0 Å². The number of aryl methyl sites for hydroxylation is 3. The molecule has 4 heteroatoms. The van der Waals surface area contributed by atoms with Crippen molar-refractivity contribution in [2.24, 2.45) is 0 Å². The van der Waals surface area contributed by atoms with Gasteiger partial charge in [-0.05, 0) is 56.7 Å². The maximum atomic E-state index is 12.0. The third-order valence-corrected chi connectivity index (χ3v) is 4.15. The van der Waals surface area contributed by atoms with Crippen molar-refractivity contribution in [3.8, 4) is 0 Å². The van der Waals surface area contributed by atoms with Gasteiger partial charge in [0.1, 0.15) is 6.04 Å². The van der Waals surface area contributed by atoms with E-state index in [9.17, 15) is 9.59 Å². The number of rotatable bonds is 9. The Morgan fingerprint density at radius 2 is 1.74 bits per heavy atom. The molecule has 4 nitrogen and oxygen atoms in total. The van der Waals surface area contributed by atoms with E-state index in [-0.39, 0.29) is 5.91 Å². The highest BCUT2D eigenvalue weighted by Gasteiger charge is 2.18. The Bertz CT molecular complexity index is 529. The fraction of sp³-hybridized carbons (Fsp3) is 0.579. The summed E-state index contributed by atoms with van der Waals surface area (Å²) in [5.74, 6) is -1.12. The summed E-state index contributed by atoms with van der Waals surface area (Å²) in [4.78, 5) is 23.1. The minimum atomic E-state index is -0.947. The molecule has 0 fully saturated rings. The topological polar surface area (TPSA) is 66.4 Å². The van der Waals surface area contributed by atoms with Crippen LogP contribution < -0.4 is 5.32 Å². The van der Waals surface area contributed by atoms with E-state index < -0.39 is 12.0 Å². The molecule has 0 saturated heterocycles. The summed E-state index contributed by atoms with van der Waals surface area (Å²) >= 11 is 0. The van der Waals surface area contributed by atoms with Crippen molar-refractivity contribution in [2.75, 3.05) is 0 Å². The van der Waals surface area contributed by atoms with E-state index in [0.717, 1.165) is 25.7 Å². The van der Waals surface area contributed by atoms with Gasteiger partial charge in [-0.15, -0.1) is 0 Å². The van der Waals surface area contributed by atoms with Gasteiger partial charge in [-0.25, -0.2) is 4.79 Å². The van der Waals surface area contributed by atoms with Gasteiger partial charge < -0.3 is 10.4 Å². The standard InChI is InChI=1S/C19H29NO3/c1-5-6-9-17(19(22)23)20-18(21)10-7-8-16-14(3)11-13(2)12-15(16)4/h11-12,17H,5-10H2,1-4H3,(H,20,21)(H,22,23). The lowest BCUT2D eigenvalue weighted by Crippen LogP contribution is -2.40. The third kappa shape index (κ3) is 6.43. The first-order chi connectivity index (χ1) is 10.8. The van der Waals surface area contributed by atoms with E-state index >= 15 is 0 Å². The largest absolute Gasteiger partial charge is 0.480 e. The van der Waals surface area contributed by atoms with Gasteiger partial charge in [0.2, 0.25) is 5.91 Å². The molecule has 1 unspecified atom stereocenters. The quantitative estimate of drug-likeness (QED) is 0.729. The maximum Gasteiger partial charge on any atom is 0.326 e. The fourth-order valence-electron chi connectivity index (χ4n) is 2.96. The van der Waals surface area contributed by atoms with Gasteiger partial charge in [-0.3, -0.25) is 4.79 Å². The lowest BCUT2D eigenvalue weighted by atomic mass is 9.95. The van der Waals surface area contributed by atoms with E-state index in [4.69, 9.17) is 5.11 Å². The molecule has 2 N–H and O–H groups in total. The molecule has 0 spiro atoms. The average Bonchev–Trinajstić information content (AvgIpc) is 2.45. The predicted octanol–water partition coefficient (Wildman–Crippen LogP) is 3.69. The molecular formula is C19H29NO3. The molecule has 0 aliphatic heterocycles. The number of carbonyl (C=O) groups is 2. The van der Waals surface area contributed by atoms with Gasteiger partial charge in [0.25, 0.3) is 0 Å². The Hall–Kier alpha value is -1.84. The van der Waals surface area contributed by atoms with Gasteiger partial charge in [-0.1, -0.05) is 37.5 Å².